The molecule has 0 spiro atoms. The predicted octanol–water partition coefficient (Wildman–Crippen LogP) is 4.71. The molecule has 0 unspecified atom stereocenters. The molecule has 1 aromatic heterocycles. The monoisotopic (exact) mass is 428 g/mol. The van der Waals surface area contributed by atoms with E-state index < -0.39 is 0 Å². The summed E-state index contributed by atoms with van der Waals surface area (Å²) in [4.78, 5) is 8.88. The smallest absolute Gasteiger partial charge is 0.219 e. The lowest BCUT2D eigenvalue weighted by atomic mass is 9.91. The van der Waals surface area contributed by atoms with Crippen molar-refractivity contribution in [3.05, 3.63) is 83.6 Å². The number of piperazine rings is 1. The number of ether oxygens (including phenoxy) is 1. The first-order valence-electron chi connectivity index (χ1n) is 11.3. The van der Waals surface area contributed by atoms with Crippen molar-refractivity contribution in [2.45, 2.75) is 25.7 Å². The molecule has 1 N–H and O–H groups in total. The second-order valence-electron chi connectivity index (χ2n) is 8.32. The van der Waals surface area contributed by atoms with Crippen LogP contribution in [0, 0.1) is 0 Å². The van der Waals surface area contributed by atoms with Crippen molar-refractivity contribution in [2.24, 2.45) is 5.16 Å². The van der Waals surface area contributed by atoms with E-state index >= 15 is 0 Å². The summed E-state index contributed by atoms with van der Waals surface area (Å²) in [5.41, 5.74) is 4.69. The van der Waals surface area contributed by atoms with Crippen molar-refractivity contribution < 1.29 is 9.94 Å². The molecule has 6 heteroatoms. The fourth-order valence-corrected chi connectivity index (χ4v) is 4.68. The van der Waals surface area contributed by atoms with Gasteiger partial charge in [-0.15, -0.1) is 0 Å². The first-order valence-corrected chi connectivity index (χ1v) is 11.3. The third-order valence-corrected chi connectivity index (χ3v) is 6.36. The van der Waals surface area contributed by atoms with Crippen LogP contribution in [0.4, 0.5) is 5.69 Å². The second-order valence-corrected chi connectivity index (χ2v) is 8.32. The Morgan fingerprint density at radius 3 is 2.53 bits per heavy atom. The van der Waals surface area contributed by atoms with Crippen LogP contribution in [0.5, 0.6) is 11.6 Å². The topological polar surface area (TPSA) is 61.2 Å². The zero-order valence-corrected chi connectivity index (χ0v) is 18.2. The van der Waals surface area contributed by atoms with Gasteiger partial charge in [0.1, 0.15) is 5.75 Å². The molecule has 2 heterocycles. The van der Waals surface area contributed by atoms with Crippen molar-refractivity contribution in [1.29, 1.82) is 0 Å². The molecular formula is C26H28N4O2. The van der Waals surface area contributed by atoms with E-state index in [-0.39, 0.29) is 0 Å². The molecule has 1 fully saturated rings. The van der Waals surface area contributed by atoms with E-state index in [0.717, 1.165) is 50.3 Å². The minimum absolute atomic E-state index is 0.519. The average Bonchev–Trinajstić information content (AvgIpc) is 2.86. The highest BCUT2D eigenvalue weighted by molar-refractivity contribution is 5.98. The molecule has 32 heavy (non-hydrogen) atoms. The molecular weight excluding hydrogens is 400 g/mol. The Morgan fingerprint density at radius 2 is 1.72 bits per heavy atom. The zero-order chi connectivity index (χ0) is 21.8. The van der Waals surface area contributed by atoms with Crippen molar-refractivity contribution in [1.82, 2.24) is 9.88 Å². The summed E-state index contributed by atoms with van der Waals surface area (Å²) in [6, 6.07) is 20.4. The Bertz CT molecular complexity index is 1090. The zero-order valence-electron chi connectivity index (χ0n) is 18.2. The van der Waals surface area contributed by atoms with Gasteiger partial charge < -0.3 is 19.7 Å². The molecule has 0 atom stereocenters. The minimum Gasteiger partial charge on any atom is -0.439 e. The number of para-hydroxylation sites is 1. The van der Waals surface area contributed by atoms with Gasteiger partial charge >= 0.3 is 0 Å². The number of pyridine rings is 1. The van der Waals surface area contributed by atoms with Gasteiger partial charge in [-0.1, -0.05) is 35.5 Å². The Balaban J connectivity index is 1.31. The number of rotatable bonds is 4. The highest BCUT2D eigenvalue weighted by Crippen LogP contribution is 2.32. The van der Waals surface area contributed by atoms with Gasteiger partial charge in [0.2, 0.25) is 5.88 Å². The number of fused-ring (bicyclic) bond motifs is 1. The van der Waals surface area contributed by atoms with Gasteiger partial charge in [0.05, 0.1) is 0 Å². The van der Waals surface area contributed by atoms with Crippen molar-refractivity contribution in [3.63, 3.8) is 0 Å². The van der Waals surface area contributed by atoms with Gasteiger partial charge in [-0.05, 0) is 61.1 Å². The van der Waals surface area contributed by atoms with Crippen LogP contribution in [0.1, 0.15) is 29.5 Å². The van der Waals surface area contributed by atoms with Crippen LogP contribution in [0.3, 0.4) is 0 Å². The Hall–Kier alpha value is -3.54. The van der Waals surface area contributed by atoms with Crippen LogP contribution in [0.2, 0.25) is 0 Å². The largest absolute Gasteiger partial charge is 0.439 e. The fraction of sp³-hybridized carbons (Fsp3) is 0.308. The number of aromatic nitrogens is 1. The molecule has 0 radical (unpaired) electrons. The van der Waals surface area contributed by atoms with Gasteiger partial charge in [0.15, 0.2) is 5.84 Å². The molecule has 1 aliphatic heterocycles. The van der Waals surface area contributed by atoms with Gasteiger partial charge in [0.25, 0.3) is 0 Å². The van der Waals surface area contributed by atoms with Crippen LogP contribution in [0.25, 0.3) is 0 Å². The van der Waals surface area contributed by atoms with E-state index in [4.69, 9.17) is 4.74 Å². The SMILES string of the molecule is O/N=C(/c1ccnc(Oc2cccc3c2CCCC3)c1)N1CCN(c2ccccc2)CC1. The van der Waals surface area contributed by atoms with Crippen LogP contribution >= 0.6 is 0 Å². The average molecular weight is 429 g/mol. The normalized spacial score (nSPS) is 16.6. The number of hydrogen-bond acceptors (Lipinski definition) is 5. The number of nitrogens with zero attached hydrogens (tertiary/aromatic N) is 4. The molecule has 1 saturated heterocycles. The number of aryl methyl sites for hydroxylation is 1. The number of anilines is 1. The van der Waals surface area contributed by atoms with E-state index in [1.165, 1.54) is 29.7 Å². The summed E-state index contributed by atoms with van der Waals surface area (Å²) in [5, 5.41) is 13.5. The van der Waals surface area contributed by atoms with Crippen LogP contribution in [-0.4, -0.2) is 47.1 Å². The van der Waals surface area contributed by atoms with Crippen LogP contribution in [-0.2, 0) is 12.8 Å². The van der Waals surface area contributed by atoms with Gasteiger partial charge in [-0.3, -0.25) is 0 Å². The van der Waals surface area contributed by atoms with Crippen molar-refractivity contribution in [2.75, 3.05) is 31.1 Å². The highest BCUT2D eigenvalue weighted by atomic mass is 16.5. The molecule has 3 aromatic rings. The Kier molecular flexibility index (Phi) is 5.92. The molecule has 2 aliphatic rings. The lowest BCUT2D eigenvalue weighted by Crippen LogP contribution is -2.49. The summed E-state index contributed by atoms with van der Waals surface area (Å²) < 4.78 is 6.20. The maximum absolute atomic E-state index is 9.82. The summed E-state index contributed by atoms with van der Waals surface area (Å²) in [5.74, 6) is 1.96. The highest BCUT2D eigenvalue weighted by Gasteiger charge is 2.22. The Morgan fingerprint density at radius 1 is 0.906 bits per heavy atom. The molecule has 0 saturated carbocycles. The molecule has 5 rings (SSSR count). The molecule has 2 aromatic carbocycles. The minimum atomic E-state index is 0.519. The molecule has 1 aliphatic carbocycles. The second kappa shape index (κ2) is 9.30. The fourth-order valence-electron chi connectivity index (χ4n) is 4.68. The first kappa shape index (κ1) is 20.4. The van der Waals surface area contributed by atoms with Crippen LogP contribution < -0.4 is 9.64 Å². The van der Waals surface area contributed by atoms with E-state index in [9.17, 15) is 5.21 Å². The quantitative estimate of drug-likeness (QED) is 0.282. The van der Waals surface area contributed by atoms with Crippen molar-refractivity contribution in [3.8, 4) is 11.6 Å². The van der Waals surface area contributed by atoms with E-state index in [0.29, 0.717) is 11.7 Å². The predicted molar refractivity (Wildman–Crippen MR) is 126 cm³/mol. The van der Waals surface area contributed by atoms with E-state index in [1.54, 1.807) is 6.20 Å². The Labute approximate surface area is 188 Å². The van der Waals surface area contributed by atoms with E-state index in [2.05, 4.69) is 56.3 Å². The third-order valence-electron chi connectivity index (χ3n) is 6.36. The number of amidine groups is 1. The van der Waals surface area contributed by atoms with Gasteiger partial charge in [0, 0.05) is 49.7 Å². The number of oxime groups is 1. The molecule has 6 nitrogen and oxygen atoms in total. The third kappa shape index (κ3) is 4.26. The lowest BCUT2D eigenvalue weighted by Gasteiger charge is -2.37. The molecule has 0 amide bonds. The first-order chi connectivity index (χ1) is 15.8. The maximum Gasteiger partial charge on any atom is 0.219 e. The van der Waals surface area contributed by atoms with Crippen LogP contribution in [0.15, 0.2) is 72.0 Å². The van der Waals surface area contributed by atoms with Crippen molar-refractivity contribution >= 4 is 11.5 Å². The number of benzene rings is 2. The molecule has 164 valence electrons. The van der Waals surface area contributed by atoms with E-state index in [1.807, 2.05) is 24.3 Å². The van der Waals surface area contributed by atoms with Gasteiger partial charge in [-0.25, -0.2) is 4.98 Å². The summed E-state index contributed by atoms with van der Waals surface area (Å²) >= 11 is 0. The van der Waals surface area contributed by atoms with Gasteiger partial charge in [-0.2, -0.15) is 0 Å². The summed E-state index contributed by atoms with van der Waals surface area (Å²) in [6.45, 7) is 3.29. The summed E-state index contributed by atoms with van der Waals surface area (Å²) in [7, 11) is 0. The molecule has 0 bridgehead atoms. The number of hydrogen-bond donors (Lipinski definition) is 1. The maximum atomic E-state index is 9.82. The summed E-state index contributed by atoms with van der Waals surface area (Å²) in [6.07, 6.45) is 6.29. The lowest BCUT2D eigenvalue weighted by molar-refractivity contribution is 0.296. The standard InChI is InChI=1S/C26H28N4O2/c31-28-26(30-17-15-29(16-18-30)22-9-2-1-3-10-22)21-13-14-27-25(19-21)32-24-12-6-8-20-7-4-5-11-23(20)24/h1-3,6,8-10,12-14,19,31H,4-5,7,11,15-18H2/b28-26-.